The zero-order valence-electron chi connectivity index (χ0n) is 14.0. The maximum Gasteiger partial charge on any atom is 0.223 e. The molecule has 1 saturated heterocycles. The molecular formula is C17H25ClN2O3S. The van der Waals surface area contributed by atoms with Gasteiger partial charge >= 0.3 is 0 Å². The van der Waals surface area contributed by atoms with Crippen molar-refractivity contribution in [2.24, 2.45) is 0 Å². The summed E-state index contributed by atoms with van der Waals surface area (Å²) in [5, 5.41) is 3.33. The highest BCUT2D eigenvalue weighted by molar-refractivity contribution is 7.99. The lowest BCUT2D eigenvalue weighted by molar-refractivity contribution is -0.131. The molecule has 0 radical (unpaired) electrons. The lowest BCUT2D eigenvalue weighted by Crippen LogP contribution is -2.44. The molecule has 1 aromatic carbocycles. The minimum Gasteiger partial charge on any atom is -0.486 e. The van der Waals surface area contributed by atoms with E-state index in [0.29, 0.717) is 25.7 Å². The highest BCUT2D eigenvalue weighted by atomic mass is 35.5. The number of thioether (sulfide) groups is 1. The Morgan fingerprint density at radius 1 is 1.25 bits per heavy atom. The lowest BCUT2D eigenvalue weighted by atomic mass is 10.1. The summed E-state index contributed by atoms with van der Waals surface area (Å²) in [4.78, 5) is 15.4. The van der Waals surface area contributed by atoms with Gasteiger partial charge in [0.15, 0.2) is 11.5 Å². The van der Waals surface area contributed by atoms with E-state index in [1.807, 2.05) is 30.1 Å². The Bertz CT molecular complexity index is 553. The van der Waals surface area contributed by atoms with Crippen LogP contribution in [0.3, 0.4) is 0 Å². The van der Waals surface area contributed by atoms with Gasteiger partial charge in [-0.15, -0.1) is 24.2 Å². The molecule has 2 aliphatic heterocycles. The van der Waals surface area contributed by atoms with Gasteiger partial charge in [-0.25, -0.2) is 0 Å². The number of halogens is 1. The van der Waals surface area contributed by atoms with Crippen LogP contribution < -0.4 is 14.8 Å². The van der Waals surface area contributed by atoms with E-state index in [2.05, 4.69) is 5.32 Å². The normalized spacial score (nSPS) is 17.0. The van der Waals surface area contributed by atoms with Crippen molar-refractivity contribution in [2.75, 3.05) is 39.1 Å². The highest BCUT2D eigenvalue weighted by Gasteiger charge is 2.21. The Morgan fingerprint density at radius 2 is 1.96 bits per heavy atom. The van der Waals surface area contributed by atoms with Gasteiger partial charge in [0, 0.05) is 30.2 Å². The number of rotatable bonds is 5. The molecule has 7 heteroatoms. The largest absolute Gasteiger partial charge is 0.486 e. The van der Waals surface area contributed by atoms with Crippen LogP contribution in [-0.2, 0) is 4.79 Å². The molecule has 0 atom stereocenters. The minimum absolute atomic E-state index is 0. The number of carbonyl (C=O) groups excluding carboxylic acids is 1. The molecule has 2 aliphatic rings. The zero-order chi connectivity index (χ0) is 16.1. The first kappa shape index (κ1) is 19.2. The Balaban J connectivity index is 0.00000208. The maximum atomic E-state index is 12.3. The summed E-state index contributed by atoms with van der Waals surface area (Å²) in [7, 11) is 1.94. The molecule has 0 spiro atoms. The van der Waals surface area contributed by atoms with Crippen molar-refractivity contribution >= 4 is 30.1 Å². The quantitative estimate of drug-likeness (QED) is 0.805. The number of hydrogen-bond acceptors (Lipinski definition) is 5. The molecule has 24 heavy (non-hydrogen) atoms. The minimum atomic E-state index is 0. The summed E-state index contributed by atoms with van der Waals surface area (Å²) < 4.78 is 11.1. The molecule has 0 saturated carbocycles. The first-order valence-electron chi connectivity index (χ1n) is 8.23. The van der Waals surface area contributed by atoms with E-state index >= 15 is 0 Å². The van der Waals surface area contributed by atoms with Gasteiger partial charge in [0.05, 0.1) is 0 Å². The van der Waals surface area contributed by atoms with Crippen molar-refractivity contribution in [1.29, 1.82) is 0 Å². The van der Waals surface area contributed by atoms with Crippen molar-refractivity contribution in [2.45, 2.75) is 30.2 Å². The van der Waals surface area contributed by atoms with E-state index in [0.717, 1.165) is 48.1 Å². The summed E-state index contributed by atoms with van der Waals surface area (Å²) in [6, 6.07) is 6.36. The molecule has 1 fully saturated rings. The van der Waals surface area contributed by atoms with Crippen molar-refractivity contribution < 1.29 is 14.3 Å². The first-order valence-corrected chi connectivity index (χ1v) is 9.21. The predicted octanol–water partition coefficient (Wildman–Crippen LogP) is 2.57. The highest BCUT2D eigenvalue weighted by Crippen LogP contribution is 2.34. The number of piperidine rings is 1. The second-order valence-corrected chi connectivity index (χ2v) is 7.06. The molecule has 0 aliphatic carbocycles. The van der Waals surface area contributed by atoms with Crippen LogP contribution in [0, 0.1) is 0 Å². The third-order valence-corrected chi connectivity index (χ3v) is 5.34. The molecule has 0 aromatic heterocycles. The molecule has 0 bridgehead atoms. The summed E-state index contributed by atoms with van der Waals surface area (Å²) in [5.41, 5.74) is 0. The van der Waals surface area contributed by atoms with Crippen LogP contribution in [0.5, 0.6) is 11.5 Å². The molecule has 2 heterocycles. The Hall–Kier alpha value is -1.11. The number of amides is 1. The molecule has 1 amide bonds. The van der Waals surface area contributed by atoms with Crippen LogP contribution in [0.4, 0.5) is 0 Å². The molecule has 1 N–H and O–H groups in total. The fraction of sp³-hybridized carbons (Fsp3) is 0.588. The number of ether oxygens (including phenoxy) is 2. The van der Waals surface area contributed by atoms with Gasteiger partial charge in [0.25, 0.3) is 0 Å². The third-order valence-electron chi connectivity index (χ3n) is 4.35. The van der Waals surface area contributed by atoms with E-state index in [-0.39, 0.29) is 18.3 Å². The van der Waals surface area contributed by atoms with Crippen LogP contribution in [0.15, 0.2) is 23.1 Å². The van der Waals surface area contributed by atoms with E-state index in [1.165, 1.54) is 0 Å². The topological polar surface area (TPSA) is 50.8 Å². The monoisotopic (exact) mass is 372 g/mol. The molecule has 1 aromatic rings. The molecule has 134 valence electrons. The molecule has 0 unspecified atom stereocenters. The third kappa shape index (κ3) is 4.94. The van der Waals surface area contributed by atoms with E-state index in [1.54, 1.807) is 11.8 Å². The summed E-state index contributed by atoms with van der Waals surface area (Å²) >= 11 is 1.69. The maximum absolute atomic E-state index is 12.3. The van der Waals surface area contributed by atoms with Crippen molar-refractivity contribution in [3.8, 4) is 11.5 Å². The number of benzene rings is 1. The molecule has 3 rings (SSSR count). The van der Waals surface area contributed by atoms with Crippen LogP contribution in [0.2, 0.25) is 0 Å². The van der Waals surface area contributed by atoms with Gasteiger partial charge < -0.3 is 19.7 Å². The number of nitrogens with one attached hydrogen (secondary N) is 1. The average Bonchev–Trinajstić information content (AvgIpc) is 2.61. The van der Waals surface area contributed by atoms with Gasteiger partial charge in [0.1, 0.15) is 13.2 Å². The van der Waals surface area contributed by atoms with Gasteiger partial charge in [-0.2, -0.15) is 0 Å². The van der Waals surface area contributed by atoms with Gasteiger partial charge in [-0.3, -0.25) is 4.79 Å². The number of fused-ring (bicyclic) bond motifs is 1. The van der Waals surface area contributed by atoms with Gasteiger partial charge in [0.2, 0.25) is 5.91 Å². The fourth-order valence-electron chi connectivity index (χ4n) is 2.94. The second-order valence-electron chi connectivity index (χ2n) is 5.89. The van der Waals surface area contributed by atoms with Crippen molar-refractivity contribution in [3.63, 3.8) is 0 Å². The standard InChI is InChI=1S/C17H24N2O3S.ClH/c1-19(13-4-7-18-8-5-13)17(20)6-11-23-14-2-3-15-16(12-14)22-10-9-21-15;/h2-3,12-13,18H,4-11H2,1H3;1H. The lowest BCUT2D eigenvalue weighted by Gasteiger charge is -2.31. The van der Waals surface area contributed by atoms with Crippen LogP contribution in [0.1, 0.15) is 19.3 Å². The van der Waals surface area contributed by atoms with Crippen molar-refractivity contribution in [3.05, 3.63) is 18.2 Å². The summed E-state index contributed by atoms with van der Waals surface area (Å²) in [6.07, 6.45) is 2.68. The molecular weight excluding hydrogens is 348 g/mol. The second kappa shape index (κ2) is 9.39. The zero-order valence-corrected chi connectivity index (χ0v) is 15.6. The van der Waals surface area contributed by atoms with Crippen LogP contribution in [0.25, 0.3) is 0 Å². The summed E-state index contributed by atoms with van der Waals surface area (Å²) in [5.74, 6) is 2.64. The number of carbonyl (C=O) groups is 1. The fourth-order valence-corrected chi connectivity index (χ4v) is 3.81. The van der Waals surface area contributed by atoms with Crippen molar-refractivity contribution in [1.82, 2.24) is 10.2 Å². The van der Waals surface area contributed by atoms with E-state index in [4.69, 9.17) is 9.47 Å². The van der Waals surface area contributed by atoms with Gasteiger partial charge in [-0.1, -0.05) is 0 Å². The predicted molar refractivity (Wildman–Crippen MR) is 98.7 cm³/mol. The molecule has 5 nitrogen and oxygen atoms in total. The Morgan fingerprint density at radius 3 is 2.71 bits per heavy atom. The SMILES string of the molecule is CN(C(=O)CCSc1ccc2c(c1)OCCO2)C1CCNCC1.Cl. The van der Waals surface area contributed by atoms with Crippen LogP contribution in [-0.4, -0.2) is 56.0 Å². The van der Waals surface area contributed by atoms with Crippen LogP contribution >= 0.6 is 24.2 Å². The van der Waals surface area contributed by atoms with E-state index in [9.17, 15) is 4.79 Å². The Labute approximate surface area is 153 Å². The average molecular weight is 373 g/mol. The summed E-state index contributed by atoms with van der Waals surface area (Å²) in [6.45, 7) is 3.22. The Kier molecular flexibility index (Phi) is 7.52. The van der Waals surface area contributed by atoms with Gasteiger partial charge in [-0.05, 0) is 44.1 Å². The smallest absolute Gasteiger partial charge is 0.223 e. The number of hydrogen-bond donors (Lipinski definition) is 1. The first-order chi connectivity index (χ1) is 11.2. The van der Waals surface area contributed by atoms with E-state index < -0.39 is 0 Å². The number of nitrogens with zero attached hydrogens (tertiary/aromatic N) is 1.